The highest BCUT2D eigenvalue weighted by molar-refractivity contribution is 6.34. The lowest BCUT2D eigenvalue weighted by molar-refractivity contribution is 0.0488. The van der Waals surface area contributed by atoms with Gasteiger partial charge in [0.15, 0.2) is 17.3 Å². The third-order valence-electron chi connectivity index (χ3n) is 3.87. The number of ether oxygens (including phenoxy) is 1. The lowest BCUT2D eigenvalue weighted by Gasteiger charge is -2.05. The van der Waals surface area contributed by atoms with E-state index in [0.717, 1.165) is 0 Å². The molecule has 2 amide bonds. The zero-order valence-corrected chi connectivity index (χ0v) is 16.7. The molecule has 0 bridgehead atoms. The third kappa shape index (κ3) is 5.25. The van der Waals surface area contributed by atoms with Crippen molar-refractivity contribution in [1.29, 1.82) is 0 Å². The van der Waals surface area contributed by atoms with Crippen molar-refractivity contribution in [3.63, 3.8) is 0 Å². The van der Waals surface area contributed by atoms with Crippen molar-refractivity contribution in [2.75, 3.05) is 11.9 Å². The summed E-state index contributed by atoms with van der Waals surface area (Å²) in [4.78, 5) is 36.0. The summed E-state index contributed by atoms with van der Waals surface area (Å²) in [5, 5.41) is 10.8. The highest BCUT2D eigenvalue weighted by Crippen LogP contribution is 2.21. The summed E-state index contributed by atoms with van der Waals surface area (Å²) >= 11 is 5.76. The fourth-order valence-electron chi connectivity index (χ4n) is 2.43. The van der Waals surface area contributed by atoms with E-state index in [1.807, 2.05) is 0 Å². The van der Waals surface area contributed by atoms with Crippen molar-refractivity contribution < 1.29 is 32.3 Å². The topological polar surface area (TPSA) is 126 Å². The van der Waals surface area contributed by atoms with Gasteiger partial charge in [-0.15, -0.1) is 0 Å². The number of anilines is 1. The van der Waals surface area contributed by atoms with Crippen LogP contribution in [0.4, 0.5) is 14.6 Å². The first-order valence-corrected chi connectivity index (χ1v) is 9.21. The van der Waals surface area contributed by atoms with E-state index < -0.39 is 29.4 Å². The summed E-state index contributed by atoms with van der Waals surface area (Å²) in [6, 6.07) is 5.50. The molecule has 0 fully saturated rings. The van der Waals surface area contributed by atoms with Crippen LogP contribution in [0.2, 0.25) is 5.02 Å². The number of furan rings is 1. The van der Waals surface area contributed by atoms with E-state index in [4.69, 9.17) is 20.8 Å². The van der Waals surface area contributed by atoms with Crippen LogP contribution in [-0.2, 0) is 11.3 Å². The summed E-state index contributed by atoms with van der Waals surface area (Å²) in [7, 11) is 0. The molecule has 0 saturated carbocycles. The molecular weight excluding hydrogens is 438 g/mol. The molecule has 12 heteroatoms. The Morgan fingerprint density at radius 3 is 2.65 bits per heavy atom. The van der Waals surface area contributed by atoms with Crippen LogP contribution < -0.4 is 10.6 Å². The van der Waals surface area contributed by atoms with Gasteiger partial charge < -0.3 is 19.8 Å². The van der Waals surface area contributed by atoms with Gasteiger partial charge in [0.05, 0.1) is 23.7 Å². The first kappa shape index (κ1) is 22.0. The van der Waals surface area contributed by atoms with E-state index in [9.17, 15) is 23.2 Å². The van der Waals surface area contributed by atoms with E-state index in [-0.39, 0.29) is 41.0 Å². The standard InChI is InChI=1S/C19H15ClF2N4O5/c1-2-30-19(29)15-4-3-9(31-15)8-23-18(28)14-7-16(26-25-14)24-17(27)10-5-12(21)13(22)6-11(10)20/h3-7H,2,8H2,1H3,(H,23,28)(H2,24,25,26,27). The Morgan fingerprint density at radius 2 is 1.90 bits per heavy atom. The van der Waals surface area contributed by atoms with Gasteiger partial charge in [-0.2, -0.15) is 5.10 Å². The summed E-state index contributed by atoms with van der Waals surface area (Å²) in [5.74, 6) is -4.12. The molecule has 0 aliphatic heterocycles. The quantitative estimate of drug-likeness (QED) is 0.373. The highest BCUT2D eigenvalue weighted by Gasteiger charge is 2.18. The smallest absolute Gasteiger partial charge is 0.374 e. The Bertz CT molecular complexity index is 1140. The van der Waals surface area contributed by atoms with Gasteiger partial charge in [0.1, 0.15) is 11.6 Å². The van der Waals surface area contributed by atoms with Gasteiger partial charge in [-0.3, -0.25) is 14.7 Å². The molecule has 2 aromatic heterocycles. The van der Waals surface area contributed by atoms with Crippen molar-refractivity contribution in [3.05, 3.63) is 69.8 Å². The van der Waals surface area contributed by atoms with Gasteiger partial charge in [-0.1, -0.05) is 11.6 Å². The fourth-order valence-corrected chi connectivity index (χ4v) is 2.67. The number of aromatic nitrogens is 2. The molecule has 162 valence electrons. The van der Waals surface area contributed by atoms with Gasteiger partial charge in [-0.25, -0.2) is 13.6 Å². The van der Waals surface area contributed by atoms with Crippen molar-refractivity contribution in [2.24, 2.45) is 0 Å². The lowest BCUT2D eigenvalue weighted by atomic mass is 10.2. The second kappa shape index (κ2) is 9.39. The number of benzene rings is 1. The second-order valence-electron chi connectivity index (χ2n) is 6.04. The predicted molar refractivity (Wildman–Crippen MR) is 104 cm³/mol. The molecule has 2 heterocycles. The zero-order valence-electron chi connectivity index (χ0n) is 15.9. The Kier molecular flexibility index (Phi) is 6.65. The van der Waals surface area contributed by atoms with Crippen LogP contribution in [0.25, 0.3) is 0 Å². The third-order valence-corrected chi connectivity index (χ3v) is 4.19. The van der Waals surface area contributed by atoms with E-state index in [2.05, 4.69) is 20.8 Å². The van der Waals surface area contributed by atoms with Crippen LogP contribution >= 0.6 is 11.6 Å². The number of amides is 2. The summed E-state index contributed by atoms with van der Waals surface area (Å²) < 4.78 is 36.6. The largest absolute Gasteiger partial charge is 0.460 e. The first-order chi connectivity index (χ1) is 14.8. The normalized spacial score (nSPS) is 10.6. The molecule has 31 heavy (non-hydrogen) atoms. The predicted octanol–water partition coefficient (Wildman–Crippen LogP) is 3.29. The number of hydrogen-bond acceptors (Lipinski definition) is 6. The number of nitrogens with zero attached hydrogens (tertiary/aromatic N) is 1. The molecule has 1 aromatic carbocycles. The van der Waals surface area contributed by atoms with Crippen LogP contribution in [0.1, 0.15) is 44.1 Å². The van der Waals surface area contributed by atoms with Gasteiger partial charge in [0, 0.05) is 6.07 Å². The molecule has 0 aliphatic rings. The minimum Gasteiger partial charge on any atom is -0.460 e. The molecule has 0 radical (unpaired) electrons. The molecule has 0 aliphatic carbocycles. The monoisotopic (exact) mass is 452 g/mol. The van der Waals surface area contributed by atoms with E-state index in [0.29, 0.717) is 17.9 Å². The average Bonchev–Trinajstić information content (AvgIpc) is 3.39. The maximum absolute atomic E-state index is 13.4. The number of halogens is 3. The van der Waals surface area contributed by atoms with E-state index in [1.54, 1.807) is 6.92 Å². The fraction of sp³-hybridized carbons (Fsp3) is 0.158. The van der Waals surface area contributed by atoms with Gasteiger partial charge in [0.2, 0.25) is 5.76 Å². The maximum atomic E-state index is 13.4. The van der Waals surface area contributed by atoms with E-state index in [1.165, 1.54) is 18.2 Å². The summed E-state index contributed by atoms with van der Waals surface area (Å²) in [5.41, 5.74) is -0.361. The molecule has 3 rings (SSSR count). The Labute approximate surface area is 178 Å². The molecular formula is C19H15ClF2N4O5. The molecule has 3 N–H and O–H groups in total. The van der Waals surface area contributed by atoms with Crippen molar-refractivity contribution >= 4 is 35.2 Å². The van der Waals surface area contributed by atoms with Crippen LogP contribution in [-0.4, -0.2) is 34.6 Å². The highest BCUT2D eigenvalue weighted by atomic mass is 35.5. The Balaban J connectivity index is 1.59. The molecule has 9 nitrogen and oxygen atoms in total. The maximum Gasteiger partial charge on any atom is 0.374 e. The van der Waals surface area contributed by atoms with Crippen LogP contribution in [0.15, 0.2) is 34.7 Å². The molecule has 0 atom stereocenters. The second-order valence-corrected chi connectivity index (χ2v) is 6.44. The molecule has 3 aromatic rings. The number of H-pyrrole nitrogens is 1. The molecule has 0 saturated heterocycles. The van der Waals surface area contributed by atoms with Crippen molar-refractivity contribution in [2.45, 2.75) is 13.5 Å². The first-order valence-electron chi connectivity index (χ1n) is 8.83. The summed E-state index contributed by atoms with van der Waals surface area (Å²) in [6.07, 6.45) is 0. The molecule has 0 unspecified atom stereocenters. The molecule has 0 spiro atoms. The van der Waals surface area contributed by atoms with Gasteiger partial charge >= 0.3 is 5.97 Å². The zero-order chi connectivity index (χ0) is 22.5. The number of carbonyl (C=O) groups is 3. The lowest BCUT2D eigenvalue weighted by Crippen LogP contribution is -2.22. The van der Waals surface area contributed by atoms with Crippen LogP contribution in [0.3, 0.4) is 0 Å². The Morgan fingerprint density at radius 1 is 1.16 bits per heavy atom. The summed E-state index contributed by atoms with van der Waals surface area (Å²) in [6.45, 7) is 1.83. The van der Waals surface area contributed by atoms with Crippen molar-refractivity contribution in [1.82, 2.24) is 15.5 Å². The van der Waals surface area contributed by atoms with Gasteiger partial charge in [-0.05, 0) is 31.2 Å². The SMILES string of the molecule is CCOC(=O)c1ccc(CNC(=O)c2cc(NC(=O)c3cc(F)c(F)cc3Cl)[nH]n2)o1. The van der Waals surface area contributed by atoms with E-state index >= 15 is 0 Å². The number of carbonyl (C=O) groups excluding carboxylic acids is 3. The Hall–Kier alpha value is -3.73. The number of nitrogens with one attached hydrogen (secondary N) is 3. The average molecular weight is 453 g/mol. The minimum atomic E-state index is -1.23. The number of hydrogen-bond donors (Lipinski definition) is 3. The minimum absolute atomic E-state index is 0.00626. The van der Waals surface area contributed by atoms with Crippen molar-refractivity contribution in [3.8, 4) is 0 Å². The van der Waals surface area contributed by atoms with Gasteiger partial charge in [0.25, 0.3) is 11.8 Å². The van der Waals surface area contributed by atoms with Crippen LogP contribution in [0, 0.1) is 11.6 Å². The van der Waals surface area contributed by atoms with Crippen LogP contribution in [0.5, 0.6) is 0 Å². The number of rotatable bonds is 7. The number of esters is 1. The number of aromatic amines is 1.